The first kappa shape index (κ1) is 25.3. The molecule has 0 bridgehead atoms. The molecule has 1 aromatic carbocycles. The van der Waals surface area contributed by atoms with Gasteiger partial charge in [0.1, 0.15) is 11.4 Å². The molecule has 176 valence electrons. The molecular weight excluding hydrogens is 417 g/mol. The van der Waals surface area contributed by atoms with E-state index in [0.29, 0.717) is 49.7 Å². The van der Waals surface area contributed by atoms with Gasteiger partial charge < -0.3 is 19.7 Å². The van der Waals surface area contributed by atoms with Gasteiger partial charge in [0.05, 0.1) is 26.1 Å². The quantitative estimate of drug-likeness (QED) is 0.445. The van der Waals surface area contributed by atoms with E-state index < -0.39 is 0 Å². The number of hydrogen-bond acceptors (Lipinski definition) is 6. The number of carbonyl (C=O) groups is 2. The Bertz CT molecular complexity index is 874. The van der Waals surface area contributed by atoms with Crippen molar-refractivity contribution in [2.45, 2.75) is 32.6 Å². The van der Waals surface area contributed by atoms with Gasteiger partial charge in [0.25, 0.3) is 11.8 Å². The fourth-order valence-corrected chi connectivity index (χ4v) is 2.96. The number of halogens is 1. The Labute approximate surface area is 187 Å². The van der Waals surface area contributed by atoms with Crippen LogP contribution in [0.2, 0.25) is 0 Å². The summed E-state index contributed by atoms with van der Waals surface area (Å²) < 4.78 is 24.6. The molecule has 0 unspecified atom stereocenters. The van der Waals surface area contributed by atoms with Crippen molar-refractivity contribution in [1.82, 2.24) is 25.2 Å². The van der Waals surface area contributed by atoms with Crippen LogP contribution in [0.1, 0.15) is 53.5 Å². The number of nitrogens with zero attached hydrogens (tertiary/aromatic N) is 4. The molecule has 1 aromatic heterocycles. The van der Waals surface area contributed by atoms with E-state index in [1.807, 2.05) is 6.92 Å². The molecule has 0 spiro atoms. The molecule has 9 nitrogen and oxygen atoms in total. The van der Waals surface area contributed by atoms with E-state index in [9.17, 15) is 14.0 Å². The molecule has 0 aliphatic carbocycles. The maximum absolute atomic E-state index is 12.5. The summed E-state index contributed by atoms with van der Waals surface area (Å²) in [4.78, 5) is 26.3. The van der Waals surface area contributed by atoms with Crippen molar-refractivity contribution in [3.8, 4) is 11.4 Å². The van der Waals surface area contributed by atoms with Gasteiger partial charge >= 0.3 is 0 Å². The molecule has 1 heterocycles. The number of benzene rings is 1. The number of ether oxygens (including phenoxy) is 2. The average molecular weight is 450 g/mol. The van der Waals surface area contributed by atoms with Crippen LogP contribution in [0, 0.1) is 0 Å². The van der Waals surface area contributed by atoms with Crippen LogP contribution >= 0.6 is 0 Å². The Kier molecular flexibility index (Phi) is 10.6. The average Bonchev–Trinajstić information content (AvgIpc) is 3.29. The SMILES string of the molecule is CCNC(=O)c1ccc(-n2cc(C(=O)N(C)CCOC)nn2)c(OCCCCCCF)c1. The van der Waals surface area contributed by atoms with Crippen LogP contribution in [0.15, 0.2) is 24.4 Å². The van der Waals surface area contributed by atoms with Crippen LogP contribution in [0.4, 0.5) is 4.39 Å². The largest absolute Gasteiger partial charge is 0.491 e. The van der Waals surface area contributed by atoms with E-state index >= 15 is 0 Å². The number of alkyl halides is 1. The van der Waals surface area contributed by atoms with Crippen LogP contribution in [-0.2, 0) is 4.74 Å². The molecule has 2 rings (SSSR count). The Balaban J connectivity index is 2.20. The fraction of sp³-hybridized carbons (Fsp3) is 0.545. The zero-order valence-electron chi connectivity index (χ0n) is 19.0. The first-order valence-electron chi connectivity index (χ1n) is 10.8. The molecule has 2 aromatic rings. The van der Waals surface area contributed by atoms with Crippen LogP contribution in [0.5, 0.6) is 5.75 Å². The van der Waals surface area contributed by atoms with Crippen molar-refractivity contribution in [2.75, 3.05) is 47.1 Å². The molecule has 1 N–H and O–H groups in total. The Morgan fingerprint density at radius 1 is 1.19 bits per heavy atom. The number of methoxy groups -OCH3 is 1. The number of nitrogens with one attached hydrogen (secondary N) is 1. The summed E-state index contributed by atoms with van der Waals surface area (Å²) in [6, 6.07) is 5.03. The highest BCUT2D eigenvalue weighted by Crippen LogP contribution is 2.25. The number of carbonyl (C=O) groups excluding carboxylic acids is 2. The van der Waals surface area contributed by atoms with Crippen molar-refractivity contribution in [3.05, 3.63) is 35.7 Å². The summed E-state index contributed by atoms with van der Waals surface area (Å²) in [6.07, 6.45) is 4.49. The summed E-state index contributed by atoms with van der Waals surface area (Å²) in [5.74, 6) is -0.0282. The second-order valence-electron chi connectivity index (χ2n) is 7.26. The number of rotatable bonds is 14. The third-order valence-corrected chi connectivity index (χ3v) is 4.78. The van der Waals surface area contributed by atoms with Gasteiger partial charge in [-0.05, 0) is 44.4 Å². The second kappa shape index (κ2) is 13.4. The molecule has 10 heteroatoms. The zero-order valence-corrected chi connectivity index (χ0v) is 19.0. The molecule has 2 amide bonds. The molecule has 0 atom stereocenters. The number of likely N-dealkylation sites (N-methyl/N-ethyl adjacent to an activating group) is 1. The van der Waals surface area contributed by atoms with Gasteiger partial charge in [0.15, 0.2) is 5.69 Å². The predicted octanol–water partition coefficient (Wildman–Crippen LogP) is 2.64. The Hall–Kier alpha value is -3.01. The van der Waals surface area contributed by atoms with Gasteiger partial charge in [-0.2, -0.15) is 0 Å². The minimum absolute atomic E-state index is 0.188. The van der Waals surface area contributed by atoms with Crippen LogP contribution in [0.25, 0.3) is 5.69 Å². The summed E-state index contributed by atoms with van der Waals surface area (Å²) in [7, 11) is 3.24. The van der Waals surface area contributed by atoms with Gasteiger partial charge in [-0.15, -0.1) is 5.10 Å². The topological polar surface area (TPSA) is 98.6 Å². The molecule has 0 saturated carbocycles. The highest BCUT2D eigenvalue weighted by atomic mass is 19.1. The van der Waals surface area contributed by atoms with Gasteiger partial charge in [-0.25, -0.2) is 4.68 Å². The van der Waals surface area contributed by atoms with Crippen LogP contribution in [-0.4, -0.2) is 78.8 Å². The van der Waals surface area contributed by atoms with Crippen LogP contribution in [0.3, 0.4) is 0 Å². The minimum atomic E-state index is -0.312. The van der Waals surface area contributed by atoms with Crippen molar-refractivity contribution in [3.63, 3.8) is 0 Å². The fourth-order valence-electron chi connectivity index (χ4n) is 2.96. The summed E-state index contributed by atoms with van der Waals surface area (Å²) in [5, 5.41) is 10.8. The van der Waals surface area contributed by atoms with E-state index in [-0.39, 0.29) is 24.2 Å². The normalized spacial score (nSPS) is 10.8. The number of amides is 2. The number of hydrogen-bond donors (Lipinski definition) is 1. The Morgan fingerprint density at radius 2 is 1.97 bits per heavy atom. The molecule has 0 aliphatic heterocycles. The summed E-state index contributed by atoms with van der Waals surface area (Å²) in [6.45, 7) is 3.31. The molecule has 0 fully saturated rings. The Morgan fingerprint density at radius 3 is 2.69 bits per heavy atom. The van der Waals surface area contributed by atoms with E-state index in [1.165, 1.54) is 15.8 Å². The van der Waals surface area contributed by atoms with Gasteiger partial charge in [0.2, 0.25) is 0 Å². The van der Waals surface area contributed by atoms with Gasteiger partial charge in [-0.3, -0.25) is 14.0 Å². The van der Waals surface area contributed by atoms with E-state index in [2.05, 4.69) is 15.6 Å². The maximum Gasteiger partial charge on any atom is 0.275 e. The molecule has 0 radical (unpaired) electrons. The summed E-state index contributed by atoms with van der Waals surface area (Å²) in [5.41, 5.74) is 1.21. The summed E-state index contributed by atoms with van der Waals surface area (Å²) >= 11 is 0. The van der Waals surface area contributed by atoms with Crippen molar-refractivity contribution in [1.29, 1.82) is 0 Å². The standard InChI is InChI=1S/C22H32FN5O4/c1-4-24-21(29)17-9-10-19(20(15-17)32-13-8-6-5-7-11-23)28-16-18(25-26-28)22(30)27(2)12-14-31-3/h9-10,15-16H,4-8,11-14H2,1-3H3,(H,24,29). The third-order valence-electron chi connectivity index (χ3n) is 4.78. The molecular formula is C22H32FN5O4. The lowest BCUT2D eigenvalue weighted by atomic mass is 10.1. The highest BCUT2D eigenvalue weighted by molar-refractivity contribution is 5.95. The smallest absolute Gasteiger partial charge is 0.275 e. The monoisotopic (exact) mass is 449 g/mol. The van der Waals surface area contributed by atoms with E-state index in [0.717, 1.165) is 19.3 Å². The van der Waals surface area contributed by atoms with Crippen LogP contribution < -0.4 is 10.1 Å². The lowest BCUT2D eigenvalue weighted by Crippen LogP contribution is -2.30. The lowest BCUT2D eigenvalue weighted by Gasteiger charge is -2.14. The molecule has 0 aliphatic rings. The predicted molar refractivity (Wildman–Crippen MR) is 118 cm³/mol. The van der Waals surface area contributed by atoms with Gasteiger partial charge in [-0.1, -0.05) is 11.6 Å². The zero-order chi connectivity index (χ0) is 23.3. The number of aromatic nitrogens is 3. The first-order chi connectivity index (χ1) is 15.5. The lowest BCUT2D eigenvalue weighted by molar-refractivity contribution is 0.0738. The number of unbranched alkanes of at least 4 members (excludes halogenated alkanes) is 3. The van der Waals surface area contributed by atoms with Crippen molar-refractivity contribution < 1.29 is 23.5 Å². The maximum atomic E-state index is 12.5. The van der Waals surface area contributed by atoms with E-state index in [1.54, 1.807) is 32.4 Å². The first-order valence-corrected chi connectivity index (χ1v) is 10.8. The minimum Gasteiger partial charge on any atom is -0.491 e. The van der Waals surface area contributed by atoms with E-state index in [4.69, 9.17) is 9.47 Å². The van der Waals surface area contributed by atoms with Crippen molar-refractivity contribution >= 4 is 11.8 Å². The van der Waals surface area contributed by atoms with Crippen molar-refractivity contribution in [2.24, 2.45) is 0 Å². The second-order valence-corrected chi connectivity index (χ2v) is 7.26. The highest BCUT2D eigenvalue weighted by Gasteiger charge is 2.18. The third kappa shape index (κ3) is 7.30. The van der Waals surface area contributed by atoms with Gasteiger partial charge in [0, 0.05) is 32.8 Å². The molecule has 0 saturated heterocycles. The molecule has 32 heavy (non-hydrogen) atoms.